The van der Waals surface area contributed by atoms with Crippen molar-refractivity contribution in [2.75, 3.05) is 57.3 Å². The smallest absolute Gasteiger partial charge is 0.194 e. The maximum atomic E-state index is 4.94. The van der Waals surface area contributed by atoms with Gasteiger partial charge in [0, 0.05) is 58.6 Å². The van der Waals surface area contributed by atoms with Gasteiger partial charge in [-0.2, -0.15) is 0 Å². The molecule has 0 atom stereocenters. The third-order valence-electron chi connectivity index (χ3n) is 5.77. The Kier molecular flexibility index (Phi) is 8.74. The molecule has 0 amide bonds. The van der Waals surface area contributed by atoms with Gasteiger partial charge >= 0.3 is 0 Å². The molecule has 162 valence electrons. The van der Waals surface area contributed by atoms with Crippen LogP contribution in [0.4, 0.5) is 5.82 Å². The molecule has 3 heterocycles. The second-order valence-corrected chi connectivity index (χ2v) is 7.69. The number of aromatic nitrogens is 1. The average Bonchev–Trinajstić information content (AvgIpc) is 2.79. The Bertz CT molecular complexity index is 804. The molecule has 0 radical (unpaired) electrons. The van der Waals surface area contributed by atoms with Gasteiger partial charge in [0.1, 0.15) is 5.82 Å². The van der Waals surface area contributed by atoms with E-state index in [-0.39, 0.29) is 24.0 Å². The first kappa shape index (κ1) is 22.8. The predicted octanol–water partition coefficient (Wildman–Crippen LogP) is 2.85. The van der Waals surface area contributed by atoms with E-state index in [1.54, 1.807) is 0 Å². The minimum Gasteiger partial charge on any atom is -0.357 e. The molecule has 2 aliphatic rings. The normalized spacial score (nSPS) is 17.3. The molecule has 1 aromatic carbocycles. The molecular formula is C23H33IN6. The zero-order valence-corrected chi connectivity index (χ0v) is 20.2. The quantitative estimate of drug-likeness (QED) is 0.374. The number of rotatable bonds is 5. The maximum absolute atomic E-state index is 4.94. The summed E-state index contributed by atoms with van der Waals surface area (Å²) in [6.07, 6.45) is 3.02. The minimum atomic E-state index is 0. The van der Waals surface area contributed by atoms with Gasteiger partial charge in [0.25, 0.3) is 0 Å². The molecule has 0 spiro atoms. The van der Waals surface area contributed by atoms with Crippen LogP contribution in [-0.4, -0.2) is 73.1 Å². The molecule has 0 aliphatic carbocycles. The molecular weight excluding hydrogens is 487 g/mol. The van der Waals surface area contributed by atoms with Gasteiger partial charge in [-0.15, -0.1) is 24.0 Å². The Morgan fingerprint density at radius 2 is 1.77 bits per heavy atom. The van der Waals surface area contributed by atoms with Crippen molar-refractivity contribution in [3.8, 4) is 0 Å². The molecule has 1 fully saturated rings. The highest BCUT2D eigenvalue weighted by molar-refractivity contribution is 14.0. The molecule has 6 nitrogen and oxygen atoms in total. The second-order valence-electron chi connectivity index (χ2n) is 7.69. The highest BCUT2D eigenvalue weighted by Gasteiger charge is 2.20. The van der Waals surface area contributed by atoms with E-state index in [2.05, 4.69) is 68.3 Å². The molecule has 1 N–H and O–H groups in total. The summed E-state index contributed by atoms with van der Waals surface area (Å²) in [7, 11) is 0. The van der Waals surface area contributed by atoms with E-state index in [0.717, 1.165) is 77.1 Å². The molecule has 2 aromatic rings. The molecule has 30 heavy (non-hydrogen) atoms. The monoisotopic (exact) mass is 520 g/mol. The van der Waals surface area contributed by atoms with Gasteiger partial charge in [-0.1, -0.05) is 30.3 Å². The number of hydrogen-bond acceptors (Lipinski definition) is 4. The first-order valence-corrected chi connectivity index (χ1v) is 10.8. The van der Waals surface area contributed by atoms with Crippen LogP contribution in [0.1, 0.15) is 18.1 Å². The van der Waals surface area contributed by atoms with Crippen LogP contribution in [0.2, 0.25) is 0 Å². The summed E-state index contributed by atoms with van der Waals surface area (Å²) >= 11 is 0. The molecule has 0 bridgehead atoms. The van der Waals surface area contributed by atoms with Crippen molar-refractivity contribution < 1.29 is 0 Å². The highest BCUT2D eigenvalue weighted by Crippen LogP contribution is 2.18. The van der Waals surface area contributed by atoms with Crippen molar-refractivity contribution in [2.24, 2.45) is 4.99 Å². The van der Waals surface area contributed by atoms with Crippen molar-refractivity contribution >= 4 is 35.8 Å². The van der Waals surface area contributed by atoms with Gasteiger partial charge in [0.05, 0.1) is 6.54 Å². The highest BCUT2D eigenvalue weighted by atomic mass is 127. The second kappa shape index (κ2) is 11.5. The summed E-state index contributed by atoms with van der Waals surface area (Å²) in [5.41, 5.74) is 2.98. The predicted molar refractivity (Wildman–Crippen MR) is 135 cm³/mol. The van der Waals surface area contributed by atoms with Crippen LogP contribution in [0.15, 0.2) is 53.7 Å². The van der Waals surface area contributed by atoms with Gasteiger partial charge in [0.15, 0.2) is 5.96 Å². The van der Waals surface area contributed by atoms with Gasteiger partial charge in [-0.3, -0.25) is 9.89 Å². The van der Waals surface area contributed by atoms with Gasteiger partial charge < -0.3 is 15.1 Å². The Balaban J connectivity index is 0.00000256. The Hall–Kier alpha value is -1.87. The number of hydrogen-bond donors (Lipinski definition) is 1. The molecule has 4 rings (SSSR count). The van der Waals surface area contributed by atoms with Crippen LogP contribution >= 0.6 is 24.0 Å². The summed E-state index contributed by atoms with van der Waals surface area (Å²) in [5.74, 6) is 2.12. The molecule has 0 unspecified atom stereocenters. The first-order chi connectivity index (χ1) is 14.3. The topological polar surface area (TPSA) is 47.0 Å². The van der Waals surface area contributed by atoms with Crippen molar-refractivity contribution in [3.63, 3.8) is 0 Å². The number of nitrogens with zero attached hydrogens (tertiary/aromatic N) is 5. The van der Waals surface area contributed by atoms with E-state index in [4.69, 9.17) is 4.99 Å². The largest absolute Gasteiger partial charge is 0.357 e. The average molecular weight is 520 g/mol. The molecule has 7 heteroatoms. The number of anilines is 1. The third-order valence-corrected chi connectivity index (χ3v) is 5.77. The van der Waals surface area contributed by atoms with Crippen LogP contribution in [0.3, 0.4) is 0 Å². The Morgan fingerprint density at radius 3 is 2.50 bits per heavy atom. The van der Waals surface area contributed by atoms with E-state index in [9.17, 15) is 0 Å². The van der Waals surface area contributed by atoms with Crippen LogP contribution in [0, 0.1) is 0 Å². The summed E-state index contributed by atoms with van der Waals surface area (Å²) in [6.45, 7) is 11.0. The standard InChI is InChI=1S/C23H32N6.HI/c1-2-24-23(29-17-15-28(16-18-29)22-9-5-6-11-25-22)26-12-14-27-13-10-20-7-3-4-8-21(20)19-27;/h3-9,11H,2,10,12-19H2,1H3,(H,24,26);1H. The summed E-state index contributed by atoms with van der Waals surface area (Å²) in [4.78, 5) is 16.7. The van der Waals surface area contributed by atoms with E-state index in [0.29, 0.717) is 0 Å². The lowest BCUT2D eigenvalue weighted by atomic mass is 10.00. The first-order valence-electron chi connectivity index (χ1n) is 10.8. The summed E-state index contributed by atoms with van der Waals surface area (Å²) in [6, 6.07) is 14.9. The Morgan fingerprint density at radius 1 is 1.00 bits per heavy atom. The number of piperazine rings is 1. The number of halogens is 1. The van der Waals surface area contributed by atoms with Crippen molar-refractivity contribution in [1.82, 2.24) is 20.1 Å². The fraction of sp³-hybridized carbons (Fsp3) is 0.478. The minimum absolute atomic E-state index is 0. The number of nitrogens with one attached hydrogen (secondary N) is 1. The van der Waals surface area contributed by atoms with Gasteiger partial charge in [0.2, 0.25) is 0 Å². The Labute approximate surface area is 197 Å². The van der Waals surface area contributed by atoms with E-state index < -0.39 is 0 Å². The number of aliphatic imine (C=N–C) groups is 1. The lowest BCUT2D eigenvalue weighted by Crippen LogP contribution is -2.53. The zero-order valence-electron chi connectivity index (χ0n) is 17.8. The van der Waals surface area contributed by atoms with E-state index in [1.807, 2.05) is 12.3 Å². The van der Waals surface area contributed by atoms with Gasteiger partial charge in [-0.25, -0.2) is 4.98 Å². The molecule has 0 saturated carbocycles. The van der Waals surface area contributed by atoms with Gasteiger partial charge in [-0.05, 0) is 36.6 Å². The number of benzene rings is 1. The summed E-state index contributed by atoms with van der Waals surface area (Å²) < 4.78 is 0. The lowest BCUT2D eigenvalue weighted by Gasteiger charge is -2.37. The fourth-order valence-electron chi connectivity index (χ4n) is 4.16. The van der Waals surface area contributed by atoms with Crippen molar-refractivity contribution in [2.45, 2.75) is 19.9 Å². The number of guanidine groups is 1. The van der Waals surface area contributed by atoms with E-state index >= 15 is 0 Å². The lowest BCUT2D eigenvalue weighted by molar-refractivity contribution is 0.261. The van der Waals surface area contributed by atoms with Crippen LogP contribution < -0.4 is 10.2 Å². The van der Waals surface area contributed by atoms with Crippen molar-refractivity contribution in [1.29, 1.82) is 0 Å². The maximum Gasteiger partial charge on any atom is 0.194 e. The van der Waals surface area contributed by atoms with E-state index in [1.165, 1.54) is 11.1 Å². The van der Waals surface area contributed by atoms with Crippen LogP contribution in [-0.2, 0) is 13.0 Å². The number of fused-ring (bicyclic) bond motifs is 1. The molecule has 2 aliphatic heterocycles. The molecule has 1 aromatic heterocycles. The zero-order chi connectivity index (χ0) is 19.9. The fourth-order valence-corrected chi connectivity index (χ4v) is 4.16. The third kappa shape index (κ3) is 5.85. The SMILES string of the molecule is CCNC(=NCCN1CCc2ccccc2C1)N1CCN(c2ccccn2)CC1.I. The number of pyridine rings is 1. The molecule has 1 saturated heterocycles. The van der Waals surface area contributed by atoms with Crippen molar-refractivity contribution in [3.05, 3.63) is 59.8 Å². The van der Waals surface area contributed by atoms with Crippen LogP contribution in [0.5, 0.6) is 0 Å². The van der Waals surface area contributed by atoms with Crippen LogP contribution in [0.25, 0.3) is 0 Å². The summed E-state index contributed by atoms with van der Waals surface area (Å²) in [5, 5.41) is 3.48.